The van der Waals surface area contributed by atoms with Gasteiger partial charge in [0.2, 0.25) is 11.8 Å². The van der Waals surface area contributed by atoms with Gasteiger partial charge in [0.05, 0.1) is 31.4 Å². The highest BCUT2D eigenvalue weighted by molar-refractivity contribution is 9.13. The Morgan fingerprint density at radius 3 is 1.37 bits per heavy atom. The maximum Gasteiger partial charge on any atom is 0.272 e. The van der Waals surface area contributed by atoms with E-state index in [0.717, 1.165) is 14.8 Å². The molecular formula is C40H48Br2N12O7S. The second-order valence-electron chi connectivity index (χ2n) is 14.7. The Hall–Kier alpha value is -5.97. The van der Waals surface area contributed by atoms with Crippen molar-refractivity contribution in [3.63, 3.8) is 0 Å². The lowest BCUT2D eigenvalue weighted by Gasteiger charge is -2.19. The fourth-order valence-electron chi connectivity index (χ4n) is 6.12. The quantitative estimate of drug-likeness (QED) is 0.0743. The maximum absolute atomic E-state index is 13.2. The Labute approximate surface area is 378 Å². The first-order valence-electron chi connectivity index (χ1n) is 19.1. The number of halogens is 2. The highest BCUT2D eigenvalue weighted by Gasteiger charge is 2.21. The van der Waals surface area contributed by atoms with Gasteiger partial charge in [-0.15, -0.1) is 11.3 Å². The molecule has 0 unspecified atom stereocenters. The van der Waals surface area contributed by atoms with E-state index in [1.165, 1.54) is 29.5 Å². The van der Waals surface area contributed by atoms with Crippen LogP contribution in [0.15, 0.2) is 63.4 Å². The summed E-state index contributed by atoms with van der Waals surface area (Å²) in [7, 11) is 12.2. The second-order valence-corrected chi connectivity index (χ2v) is 17.9. The summed E-state index contributed by atoms with van der Waals surface area (Å²) < 4.78 is 7.77. The van der Waals surface area contributed by atoms with Crippen molar-refractivity contribution in [2.45, 2.75) is 12.8 Å². The van der Waals surface area contributed by atoms with Crippen molar-refractivity contribution in [3.05, 3.63) is 91.0 Å². The Kier molecular flexibility index (Phi) is 15.7. The number of thiophene rings is 1. The van der Waals surface area contributed by atoms with Gasteiger partial charge in [-0.25, -0.2) is 0 Å². The molecule has 0 saturated carbocycles. The Morgan fingerprint density at radius 1 is 0.548 bits per heavy atom. The summed E-state index contributed by atoms with van der Waals surface area (Å²) in [5.41, 5.74) is 2.58. The molecule has 5 rings (SSSR count). The molecule has 330 valence electrons. The number of aryl methyl sites for hydroxylation is 4. The largest absolute Gasteiger partial charge is 0.350 e. The van der Waals surface area contributed by atoms with Crippen LogP contribution in [0.5, 0.6) is 0 Å². The van der Waals surface area contributed by atoms with Gasteiger partial charge in [-0.05, 0) is 76.3 Å². The third kappa shape index (κ3) is 12.3. The molecule has 5 heterocycles. The molecule has 0 fully saturated rings. The summed E-state index contributed by atoms with van der Waals surface area (Å²) in [6, 6.07) is 7.78. The van der Waals surface area contributed by atoms with E-state index in [1.807, 2.05) is 19.0 Å². The number of amides is 7. The zero-order valence-electron chi connectivity index (χ0n) is 35.1. The normalized spacial score (nSPS) is 11.0. The topological polar surface area (TPSA) is 218 Å². The van der Waals surface area contributed by atoms with Crippen LogP contribution < -0.4 is 31.9 Å². The average Bonchev–Trinajstić information content (AvgIpc) is 4.02. The van der Waals surface area contributed by atoms with Gasteiger partial charge < -0.3 is 60.0 Å². The van der Waals surface area contributed by atoms with Crippen molar-refractivity contribution >= 4 is 107 Å². The fraction of sp³-hybridized carbons (Fsp3) is 0.325. The molecule has 0 aliphatic rings. The molecule has 0 radical (unpaired) electrons. The molecule has 0 saturated heterocycles. The number of aromatic nitrogens is 4. The minimum atomic E-state index is -0.476. The molecule has 7 amide bonds. The number of anilines is 4. The number of carbonyl (C=O) groups is 7. The molecule has 0 aliphatic heterocycles. The summed E-state index contributed by atoms with van der Waals surface area (Å²) in [6.07, 6.45) is 6.44. The van der Waals surface area contributed by atoms with Crippen LogP contribution in [0.25, 0.3) is 0 Å². The molecule has 62 heavy (non-hydrogen) atoms. The van der Waals surface area contributed by atoms with E-state index in [-0.39, 0.29) is 54.8 Å². The van der Waals surface area contributed by atoms with Gasteiger partial charge in [-0.2, -0.15) is 0 Å². The van der Waals surface area contributed by atoms with Crippen LogP contribution in [0.4, 0.5) is 22.7 Å². The summed E-state index contributed by atoms with van der Waals surface area (Å²) in [4.78, 5) is 94.1. The SMILES string of the molecule is CN(C)CCN(C)C(=O)CCNC(=O)c1cc(NC(=O)c2cc(NC(=O)CCNC(=O)c3cc(NC(=O)c4cc(NC(=O)c5cc(Br)c(Br)s5)cn4C)cn3C)cn2C)cn1C. The van der Waals surface area contributed by atoms with Gasteiger partial charge in [0.1, 0.15) is 22.8 Å². The lowest BCUT2D eigenvalue weighted by Crippen LogP contribution is -2.36. The van der Waals surface area contributed by atoms with E-state index in [9.17, 15) is 33.6 Å². The molecule has 0 aliphatic carbocycles. The molecule has 0 aromatic carbocycles. The van der Waals surface area contributed by atoms with Crippen LogP contribution in [0.3, 0.4) is 0 Å². The van der Waals surface area contributed by atoms with Crippen LogP contribution in [-0.4, -0.2) is 117 Å². The Balaban J connectivity index is 1.06. The molecule has 22 heteroatoms. The van der Waals surface area contributed by atoms with Gasteiger partial charge in [-0.1, -0.05) is 0 Å². The molecule has 6 N–H and O–H groups in total. The van der Waals surface area contributed by atoms with Crippen molar-refractivity contribution in [3.8, 4) is 0 Å². The van der Waals surface area contributed by atoms with Crippen molar-refractivity contribution in [1.82, 2.24) is 38.7 Å². The van der Waals surface area contributed by atoms with Crippen LogP contribution in [-0.2, 0) is 37.8 Å². The Morgan fingerprint density at radius 2 is 0.952 bits per heavy atom. The molecule has 5 aromatic rings. The smallest absolute Gasteiger partial charge is 0.272 e. The van der Waals surface area contributed by atoms with E-state index in [4.69, 9.17) is 0 Å². The summed E-state index contributed by atoms with van der Waals surface area (Å²) in [6.45, 7) is 1.47. The minimum Gasteiger partial charge on any atom is -0.350 e. The number of nitrogens with one attached hydrogen (secondary N) is 6. The van der Waals surface area contributed by atoms with Crippen molar-refractivity contribution in [2.24, 2.45) is 28.2 Å². The minimum absolute atomic E-state index is 0.00296. The van der Waals surface area contributed by atoms with Gasteiger partial charge in [0.15, 0.2) is 0 Å². The molecule has 0 bridgehead atoms. The van der Waals surface area contributed by atoms with Gasteiger partial charge >= 0.3 is 0 Å². The van der Waals surface area contributed by atoms with Gasteiger partial charge in [-0.3, -0.25) is 33.6 Å². The van der Waals surface area contributed by atoms with Crippen molar-refractivity contribution in [2.75, 3.05) is 68.6 Å². The molecular weight excluding hydrogens is 952 g/mol. The molecule has 19 nitrogen and oxygen atoms in total. The molecule has 5 aromatic heterocycles. The van der Waals surface area contributed by atoms with Gasteiger partial charge in [0, 0.05) is 104 Å². The third-order valence-corrected chi connectivity index (χ3v) is 12.7. The first kappa shape index (κ1) is 47.1. The average molecular weight is 1000 g/mol. The van der Waals surface area contributed by atoms with E-state index in [2.05, 4.69) is 63.8 Å². The highest BCUT2D eigenvalue weighted by Crippen LogP contribution is 2.33. The predicted molar refractivity (Wildman–Crippen MR) is 244 cm³/mol. The number of carbonyl (C=O) groups excluding carboxylic acids is 7. The zero-order chi connectivity index (χ0) is 45.4. The Bertz CT molecular complexity index is 2490. The first-order valence-corrected chi connectivity index (χ1v) is 21.5. The molecule has 0 spiro atoms. The number of likely N-dealkylation sites (N-methyl/N-ethyl adjacent to an activating group) is 2. The van der Waals surface area contributed by atoms with Gasteiger partial charge in [0.25, 0.3) is 29.5 Å². The van der Waals surface area contributed by atoms with Crippen LogP contribution >= 0.6 is 43.2 Å². The third-order valence-electron chi connectivity index (χ3n) is 9.45. The van der Waals surface area contributed by atoms with Crippen LogP contribution in [0, 0.1) is 0 Å². The lowest BCUT2D eigenvalue weighted by molar-refractivity contribution is -0.129. The van der Waals surface area contributed by atoms with E-state index < -0.39 is 29.5 Å². The standard InChI is InChI=1S/C40H48Br2N12O7S/c1-49(2)12-13-50(3)34(56)9-11-44-37(58)29-16-25(21-52(29)5)46-38(59)30-14-23(19-53(30)6)45-33(55)8-10-43-36(57)28-15-24(20-51(28)4)47-39(60)31-17-26(22-54(31)7)48-40(61)32-18-27(41)35(42)62-32/h14-22H,8-13H2,1-7H3,(H,43,57)(H,44,58)(H,45,55)(H,46,59)(H,47,60)(H,48,61). The van der Waals surface area contributed by atoms with E-state index in [1.54, 1.807) is 95.3 Å². The predicted octanol–water partition coefficient (Wildman–Crippen LogP) is 4.28. The lowest BCUT2D eigenvalue weighted by atomic mass is 10.3. The summed E-state index contributed by atoms with van der Waals surface area (Å²) in [5.74, 6) is -2.60. The highest BCUT2D eigenvalue weighted by atomic mass is 79.9. The first-order chi connectivity index (χ1) is 29.3. The number of rotatable bonds is 18. The van der Waals surface area contributed by atoms with Crippen LogP contribution in [0.1, 0.15) is 64.5 Å². The number of hydrogen-bond donors (Lipinski definition) is 6. The van der Waals surface area contributed by atoms with Crippen molar-refractivity contribution in [1.29, 1.82) is 0 Å². The van der Waals surface area contributed by atoms with Crippen molar-refractivity contribution < 1.29 is 33.6 Å². The van der Waals surface area contributed by atoms with Crippen LogP contribution in [0.2, 0.25) is 0 Å². The maximum atomic E-state index is 13.2. The zero-order valence-corrected chi connectivity index (χ0v) is 39.1. The monoisotopic (exact) mass is 998 g/mol. The van der Waals surface area contributed by atoms with E-state index >= 15 is 0 Å². The summed E-state index contributed by atoms with van der Waals surface area (Å²) in [5, 5.41) is 16.5. The fourth-order valence-corrected chi connectivity index (χ4v) is 8.05. The van der Waals surface area contributed by atoms with E-state index in [0.29, 0.717) is 39.9 Å². The summed E-state index contributed by atoms with van der Waals surface area (Å²) >= 11 is 8.01. The second kappa shape index (κ2) is 20.7. The number of nitrogens with zero attached hydrogens (tertiary/aromatic N) is 6. The molecule has 0 atom stereocenters. The number of hydrogen-bond acceptors (Lipinski definition) is 9.